The summed E-state index contributed by atoms with van der Waals surface area (Å²) in [5.41, 5.74) is 2.96. The average molecular weight is 572 g/mol. The Morgan fingerprint density at radius 2 is 1.57 bits per heavy atom. The number of rotatable bonds is 10. The summed E-state index contributed by atoms with van der Waals surface area (Å²) < 4.78 is 15.8. The van der Waals surface area contributed by atoms with E-state index in [4.69, 9.17) is 14.2 Å². The first kappa shape index (κ1) is 30.2. The molecule has 1 atom stereocenters. The summed E-state index contributed by atoms with van der Waals surface area (Å²) in [6, 6.07) is 21.2. The SMILES string of the molecule is COC(=O)c1ccc(CN(C[C@H](Cc2c[nH]c3ccccc23)NC(=O)c2ccc(OC)cc2)C(=O)OC(C)(C)C)cc1. The highest BCUT2D eigenvalue weighted by Gasteiger charge is 2.27. The number of fused-ring (bicyclic) bond motifs is 1. The van der Waals surface area contributed by atoms with Crippen molar-refractivity contribution in [2.45, 2.75) is 45.4 Å². The topological polar surface area (TPSA) is 110 Å². The van der Waals surface area contributed by atoms with Gasteiger partial charge in [0, 0.05) is 35.8 Å². The van der Waals surface area contributed by atoms with Crippen LogP contribution in [-0.4, -0.2) is 60.3 Å². The number of ether oxygens (including phenoxy) is 3. The number of aromatic amines is 1. The maximum Gasteiger partial charge on any atom is 0.410 e. The number of methoxy groups -OCH3 is 2. The quantitative estimate of drug-likeness (QED) is 0.235. The average Bonchev–Trinajstić information content (AvgIpc) is 3.38. The molecule has 4 rings (SSSR count). The monoisotopic (exact) mass is 571 g/mol. The van der Waals surface area contributed by atoms with Crippen molar-refractivity contribution in [3.05, 3.63) is 101 Å². The van der Waals surface area contributed by atoms with Crippen molar-refractivity contribution in [1.82, 2.24) is 15.2 Å². The van der Waals surface area contributed by atoms with Crippen molar-refractivity contribution in [1.29, 1.82) is 0 Å². The van der Waals surface area contributed by atoms with Crippen LogP contribution in [0.4, 0.5) is 4.79 Å². The van der Waals surface area contributed by atoms with E-state index in [2.05, 4.69) is 10.3 Å². The fourth-order valence-corrected chi connectivity index (χ4v) is 4.62. The van der Waals surface area contributed by atoms with E-state index in [1.165, 1.54) is 7.11 Å². The van der Waals surface area contributed by atoms with Crippen LogP contribution >= 0.6 is 0 Å². The van der Waals surface area contributed by atoms with Gasteiger partial charge in [-0.1, -0.05) is 30.3 Å². The Labute approximate surface area is 245 Å². The van der Waals surface area contributed by atoms with E-state index in [0.29, 0.717) is 23.3 Å². The van der Waals surface area contributed by atoms with Crippen LogP contribution in [0.3, 0.4) is 0 Å². The second-order valence-corrected chi connectivity index (χ2v) is 11.0. The third kappa shape index (κ3) is 7.90. The van der Waals surface area contributed by atoms with Gasteiger partial charge in [-0.3, -0.25) is 4.79 Å². The lowest BCUT2D eigenvalue weighted by molar-refractivity contribution is 0.0212. The van der Waals surface area contributed by atoms with Gasteiger partial charge >= 0.3 is 12.1 Å². The highest BCUT2D eigenvalue weighted by Crippen LogP contribution is 2.21. The normalized spacial score (nSPS) is 11.9. The lowest BCUT2D eigenvalue weighted by Crippen LogP contribution is -2.48. The van der Waals surface area contributed by atoms with Crippen molar-refractivity contribution < 1.29 is 28.6 Å². The third-order valence-electron chi connectivity index (χ3n) is 6.67. The first-order valence-electron chi connectivity index (χ1n) is 13.7. The van der Waals surface area contributed by atoms with Gasteiger partial charge in [0.2, 0.25) is 0 Å². The lowest BCUT2D eigenvalue weighted by Gasteiger charge is -2.31. The number of para-hydroxylation sites is 1. The number of hydrogen-bond donors (Lipinski definition) is 2. The predicted octanol–water partition coefficient (Wildman–Crippen LogP) is 5.74. The molecule has 0 saturated heterocycles. The number of aromatic nitrogens is 1. The fraction of sp³-hybridized carbons (Fsp3) is 0.303. The smallest absolute Gasteiger partial charge is 0.410 e. The summed E-state index contributed by atoms with van der Waals surface area (Å²) in [5.74, 6) is -0.0594. The van der Waals surface area contributed by atoms with Crippen LogP contribution in [0.2, 0.25) is 0 Å². The van der Waals surface area contributed by atoms with Crippen LogP contribution in [0.15, 0.2) is 79.0 Å². The molecule has 42 heavy (non-hydrogen) atoms. The summed E-state index contributed by atoms with van der Waals surface area (Å²) in [6.07, 6.45) is 1.88. The molecule has 4 aromatic rings. The van der Waals surface area contributed by atoms with E-state index in [9.17, 15) is 14.4 Å². The first-order chi connectivity index (χ1) is 20.1. The predicted molar refractivity (Wildman–Crippen MR) is 161 cm³/mol. The van der Waals surface area contributed by atoms with E-state index < -0.39 is 23.7 Å². The largest absolute Gasteiger partial charge is 0.497 e. The zero-order chi connectivity index (χ0) is 30.3. The molecule has 0 aliphatic rings. The summed E-state index contributed by atoms with van der Waals surface area (Å²) in [7, 11) is 2.90. The Bertz CT molecular complexity index is 1520. The van der Waals surface area contributed by atoms with Crippen molar-refractivity contribution in [2.75, 3.05) is 20.8 Å². The van der Waals surface area contributed by atoms with E-state index >= 15 is 0 Å². The zero-order valence-electron chi connectivity index (χ0n) is 24.6. The number of nitrogens with zero attached hydrogens (tertiary/aromatic N) is 1. The lowest BCUT2D eigenvalue weighted by atomic mass is 10.0. The number of carbonyl (C=O) groups is 3. The number of nitrogens with one attached hydrogen (secondary N) is 2. The molecule has 0 fully saturated rings. The molecule has 0 aliphatic carbocycles. The fourth-order valence-electron chi connectivity index (χ4n) is 4.62. The number of H-pyrrole nitrogens is 1. The van der Waals surface area contributed by atoms with Crippen LogP contribution in [0, 0.1) is 0 Å². The van der Waals surface area contributed by atoms with Crippen molar-refractivity contribution in [3.63, 3.8) is 0 Å². The number of amides is 2. The van der Waals surface area contributed by atoms with Crippen molar-refractivity contribution in [2.24, 2.45) is 0 Å². The molecule has 3 aromatic carbocycles. The minimum Gasteiger partial charge on any atom is -0.497 e. The Hall–Kier alpha value is -4.79. The summed E-state index contributed by atoms with van der Waals surface area (Å²) in [6.45, 7) is 5.81. The summed E-state index contributed by atoms with van der Waals surface area (Å²) in [5, 5.41) is 4.18. The van der Waals surface area contributed by atoms with Crippen molar-refractivity contribution in [3.8, 4) is 5.75 Å². The molecule has 0 unspecified atom stereocenters. The van der Waals surface area contributed by atoms with Gasteiger partial charge in [0.25, 0.3) is 5.91 Å². The minimum absolute atomic E-state index is 0.176. The molecule has 9 nitrogen and oxygen atoms in total. The maximum atomic E-state index is 13.5. The highest BCUT2D eigenvalue weighted by molar-refractivity contribution is 5.94. The van der Waals surface area contributed by atoms with Gasteiger partial charge in [0.05, 0.1) is 25.8 Å². The van der Waals surface area contributed by atoms with Gasteiger partial charge in [-0.25, -0.2) is 9.59 Å². The second kappa shape index (κ2) is 13.2. The molecule has 0 radical (unpaired) electrons. The molecule has 0 spiro atoms. The molecule has 9 heteroatoms. The molecule has 220 valence electrons. The third-order valence-corrected chi connectivity index (χ3v) is 6.67. The number of benzene rings is 3. The second-order valence-electron chi connectivity index (χ2n) is 11.0. The number of esters is 1. The van der Waals surface area contributed by atoms with Crippen molar-refractivity contribution >= 4 is 28.9 Å². The Kier molecular flexibility index (Phi) is 9.52. The number of carbonyl (C=O) groups excluding carboxylic acids is 3. The van der Waals surface area contributed by atoms with Gasteiger partial charge in [0.1, 0.15) is 11.4 Å². The minimum atomic E-state index is -0.719. The molecule has 1 heterocycles. The molecular weight excluding hydrogens is 534 g/mol. The van der Waals surface area contributed by atoms with E-state index in [1.54, 1.807) is 60.5 Å². The standard InChI is InChI=1S/C33H37N3O6/c1-33(2,3)42-32(39)36(20-22-10-12-24(13-11-22)31(38)41-5)21-26(18-25-19-34-29-9-7-6-8-28(25)29)35-30(37)23-14-16-27(40-4)17-15-23/h6-17,19,26,34H,18,20-21H2,1-5H3,(H,35,37)/t26-/m0/s1. The van der Waals surface area contributed by atoms with Gasteiger partial charge in [-0.15, -0.1) is 0 Å². The van der Waals surface area contributed by atoms with E-state index in [-0.39, 0.29) is 19.0 Å². The summed E-state index contributed by atoms with van der Waals surface area (Å²) >= 11 is 0. The molecule has 0 bridgehead atoms. The molecule has 2 N–H and O–H groups in total. The summed E-state index contributed by atoms with van der Waals surface area (Å²) in [4.78, 5) is 43.6. The zero-order valence-corrected chi connectivity index (χ0v) is 24.6. The van der Waals surface area contributed by atoms with Gasteiger partial charge in [-0.2, -0.15) is 0 Å². The Morgan fingerprint density at radius 3 is 2.21 bits per heavy atom. The maximum absolute atomic E-state index is 13.5. The highest BCUT2D eigenvalue weighted by atomic mass is 16.6. The molecule has 0 aliphatic heterocycles. The van der Waals surface area contributed by atoms with E-state index in [0.717, 1.165) is 22.0 Å². The molecule has 0 saturated carbocycles. The van der Waals surface area contributed by atoms with E-state index in [1.807, 2.05) is 51.2 Å². The van der Waals surface area contributed by atoms with Crippen LogP contribution in [0.1, 0.15) is 52.6 Å². The van der Waals surface area contributed by atoms with Gasteiger partial charge in [0.15, 0.2) is 0 Å². The van der Waals surface area contributed by atoms with Crippen LogP contribution < -0.4 is 10.1 Å². The Balaban J connectivity index is 1.63. The van der Waals surface area contributed by atoms with Crippen LogP contribution in [-0.2, 0) is 22.4 Å². The first-order valence-corrected chi connectivity index (χ1v) is 13.7. The van der Waals surface area contributed by atoms with Gasteiger partial charge in [-0.05, 0) is 80.8 Å². The Morgan fingerprint density at radius 1 is 0.905 bits per heavy atom. The molecule has 1 aromatic heterocycles. The number of hydrogen-bond acceptors (Lipinski definition) is 6. The van der Waals surface area contributed by atoms with Crippen LogP contribution in [0.25, 0.3) is 10.9 Å². The van der Waals surface area contributed by atoms with Gasteiger partial charge < -0.3 is 29.4 Å². The molecule has 2 amide bonds. The molecular formula is C33H37N3O6. The van der Waals surface area contributed by atoms with Crippen LogP contribution in [0.5, 0.6) is 5.75 Å².